The number of hydrogen-bond acceptors (Lipinski definition) is 7. The van der Waals surface area contributed by atoms with Gasteiger partial charge in [0.25, 0.3) is 5.91 Å². The summed E-state index contributed by atoms with van der Waals surface area (Å²) in [6.45, 7) is 6.88. The molecule has 8 nitrogen and oxygen atoms in total. The van der Waals surface area contributed by atoms with E-state index in [4.69, 9.17) is 21.1 Å². The van der Waals surface area contributed by atoms with Gasteiger partial charge in [-0.2, -0.15) is 0 Å². The van der Waals surface area contributed by atoms with Crippen molar-refractivity contribution in [2.45, 2.75) is 46.1 Å². The number of benzene rings is 2. The first-order chi connectivity index (χ1) is 17.3. The molecule has 1 aliphatic rings. The van der Waals surface area contributed by atoms with Gasteiger partial charge in [-0.3, -0.25) is 9.59 Å². The second-order valence-electron chi connectivity index (χ2n) is 8.89. The average Bonchev–Trinajstić information content (AvgIpc) is 3.36. The highest BCUT2D eigenvalue weighted by atomic mass is 35.5. The number of halogens is 1. The van der Waals surface area contributed by atoms with Crippen LogP contribution in [0.25, 0.3) is 0 Å². The smallest absolute Gasteiger partial charge is 0.308 e. The summed E-state index contributed by atoms with van der Waals surface area (Å²) in [6.07, 6.45) is 2.59. The van der Waals surface area contributed by atoms with Crippen LogP contribution in [0.15, 0.2) is 48.5 Å². The Balaban J connectivity index is 1.44. The number of carbonyl (C=O) groups excluding carboxylic acids is 2. The van der Waals surface area contributed by atoms with Crippen molar-refractivity contribution in [3.05, 3.63) is 70.6 Å². The van der Waals surface area contributed by atoms with E-state index >= 15 is 0 Å². The van der Waals surface area contributed by atoms with Gasteiger partial charge in [0.15, 0.2) is 11.0 Å². The number of rotatable bonds is 8. The van der Waals surface area contributed by atoms with Gasteiger partial charge in [0, 0.05) is 37.7 Å². The molecule has 0 saturated carbocycles. The van der Waals surface area contributed by atoms with Crippen molar-refractivity contribution in [2.75, 3.05) is 23.3 Å². The van der Waals surface area contributed by atoms with E-state index in [1.807, 2.05) is 38.1 Å². The number of anilines is 2. The van der Waals surface area contributed by atoms with E-state index in [0.29, 0.717) is 29.3 Å². The van der Waals surface area contributed by atoms with Crippen molar-refractivity contribution < 1.29 is 19.1 Å². The molecule has 1 aliphatic heterocycles. The summed E-state index contributed by atoms with van der Waals surface area (Å²) in [4.78, 5) is 35.3. The molecule has 36 heavy (non-hydrogen) atoms. The Morgan fingerprint density at radius 2 is 1.69 bits per heavy atom. The zero-order valence-corrected chi connectivity index (χ0v) is 21.3. The monoisotopic (exact) mass is 508 g/mol. The lowest BCUT2D eigenvalue weighted by Gasteiger charge is -2.20. The van der Waals surface area contributed by atoms with E-state index in [9.17, 15) is 9.59 Å². The summed E-state index contributed by atoms with van der Waals surface area (Å²) >= 11 is 6.39. The molecule has 1 fully saturated rings. The molecule has 3 aromatic rings. The number of nitrogens with one attached hydrogen (secondary N) is 1. The third kappa shape index (κ3) is 6.51. The minimum Gasteiger partial charge on any atom is -0.491 e. The third-order valence-electron chi connectivity index (χ3n) is 5.57. The number of ether oxygens (including phenoxy) is 2. The van der Waals surface area contributed by atoms with Crippen molar-refractivity contribution >= 4 is 35.0 Å². The van der Waals surface area contributed by atoms with Gasteiger partial charge in [0.2, 0.25) is 5.75 Å². The fourth-order valence-electron chi connectivity index (χ4n) is 3.96. The SMILES string of the molecule is CC(=O)Oc1c(Cl)nc(Cc2ccc(NC(=O)c3ccc(OC(C)C)cc3)cc2)nc1N1CCCC1. The molecule has 0 aliphatic carbocycles. The zero-order chi connectivity index (χ0) is 25.7. The lowest BCUT2D eigenvalue weighted by atomic mass is 10.1. The van der Waals surface area contributed by atoms with Gasteiger partial charge in [-0.1, -0.05) is 23.7 Å². The van der Waals surface area contributed by atoms with Crippen molar-refractivity contribution in [1.82, 2.24) is 9.97 Å². The van der Waals surface area contributed by atoms with E-state index in [1.165, 1.54) is 6.92 Å². The molecule has 1 saturated heterocycles. The third-order valence-corrected chi connectivity index (χ3v) is 5.82. The van der Waals surface area contributed by atoms with Crippen LogP contribution in [-0.4, -0.2) is 41.0 Å². The van der Waals surface area contributed by atoms with Gasteiger partial charge in [-0.15, -0.1) is 0 Å². The minimum atomic E-state index is -0.467. The molecule has 0 radical (unpaired) electrons. The second kappa shape index (κ2) is 11.4. The van der Waals surface area contributed by atoms with Crippen molar-refractivity contribution in [3.8, 4) is 11.5 Å². The lowest BCUT2D eigenvalue weighted by Crippen LogP contribution is -2.22. The standard InChI is InChI=1S/C27H29ClN4O4/c1-17(2)35-22-12-8-20(9-13-22)27(34)29-21-10-6-19(7-11-21)16-23-30-25(28)24(36-18(3)33)26(31-23)32-14-4-5-15-32/h6-13,17H,4-5,14-16H2,1-3H3,(H,29,34). The summed E-state index contributed by atoms with van der Waals surface area (Å²) < 4.78 is 10.9. The first-order valence-electron chi connectivity index (χ1n) is 12.0. The molecule has 2 aromatic carbocycles. The highest BCUT2D eigenvalue weighted by Gasteiger charge is 2.24. The van der Waals surface area contributed by atoms with Crippen molar-refractivity contribution in [2.24, 2.45) is 0 Å². The largest absolute Gasteiger partial charge is 0.491 e. The summed E-state index contributed by atoms with van der Waals surface area (Å²) in [7, 11) is 0. The van der Waals surface area contributed by atoms with E-state index in [0.717, 1.165) is 37.2 Å². The Kier molecular flexibility index (Phi) is 8.05. The summed E-state index contributed by atoms with van der Waals surface area (Å²) in [5, 5.41) is 3.02. The Labute approximate surface area is 215 Å². The number of carbonyl (C=O) groups is 2. The van der Waals surface area contributed by atoms with Crippen LogP contribution in [0.4, 0.5) is 11.5 Å². The van der Waals surface area contributed by atoms with Crippen LogP contribution in [0.5, 0.6) is 11.5 Å². The van der Waals surface area contributed by atoms with Gasteiger partial charge < -0.3 is 19.7 Å². The van der Waals surface area contributed by atoms with Crippen LogP contribution in [0.3, 0.4) is 0 Å². The molecular weight excluding hydrogens is 480 g/mol. The molecule has 1 amide bonds. The summed E-state index contributed by atoms with van der Waals surface area (Å²) in [5.41, 5.74) is 2.17. The summed E-state index contributed by atoms with van der Waals surface area (Å²) in [6, 6.07) is 14.5. The molecule has 0 unspecified atom stereocenters. The highest BCUT2D eigenvalue weighted by Crippen LogP contribution is 2.35. The number of nitrogens with zero attached hydrogens (tertiary/aromatic N) is 3. The molecular formula is C27H29ClN4O4. The topological polar surface area (TPSA) is 93.6 Å². The molecule has 188 valence electrons. The van der Waals surface area contributed by atoms with Crippen LogP contribution < -0.4 is 19.7 Å². The maximum atomic E-state index is 12.6. The zero-order valence-electron chi connectivity index (χ0n) is 20.6. The number of aromatic nitrogens is 2. The van der Waals surface area contributed by atoms with Gasteiger partial charge in [-0.25, -0.2) is 9.97 Å². The Morgan fingerprint density at radius 1 is 1.03 bits per heavy atom. The van der Waals surface area contributed by atoms with E-state index in [1.54, 1.807) is 24.3 Å². The van der Waals surface area contributed by atoms with Crippen LogP contribution in [0.2, 0.25) is 5.15 Å². The average molecular weight is 509 g/mol. The molecule has 4 rings (SSSR count). The van der Waals surface area contributed by atoms with E-state index in [2.05, 4.69) is 20.2 Å². The van der Waals surface area contributed by atoms with Crippen LogP contribution in [-0.2, 0) is 11.2 Å². The molecule has 1 aromatic heterocycles. The predicted octanol–water partition coefficient (Wildman–Crippen LogP) is 5.29. The molecule has 0 atom stereocenters. The van der Waals surface area contributed by atoms with Crippen LogP contribution >= 0.6 is 11.6 Å². The van der Waals surface area contributed by atoms with Crippen molar-refractivity contribution in [3.63, 3.8) is 0 Å². The Morgan fingerprint density at radius 3 is 2.31 bits per heavy atom. The lowest BCUT2D eigenvalue weighted by molar-refractivity contribution is -0.131. The fraction of sp³-hybridized carbons (Fsp3) is 0.333. The Bertz CT molecular complexity index is 1220. The van der Waals surface area contributed by atoms with Crippen molar-refractivity contribution in [1.29, 1.82) is 0 Å². The van der Waals surface area contributed by atoms with Gasteiger partial charge in [0.1, 0.15) is 11.6 Å². The first-order valence-corrected chi connectivity index (χ1v) is 12.3. The number of esters is 1. The Hall–Kier alpha value is -3.65. The normalized spacial score (nSPS) is 13.1. The molecule has 1 N–H and O–H groups in total. The van der Waals surface area contributed by atoms with Gasteiger partial charge >= 0.3 is 5.97 Å². The van der Waals surface area contributed by atoms with E-state index < -0.39 is 5.97 Å². The molecule has 2 heterocycles. The maximum absolute atomic E-state index is 12.6. The quantitative estimate of drug-likeness (QED) is 0.326. The minimum absolute atomic E-state index is 0.0724. The molecule has 9 heteroatoms. The van der Waals surface area contributed by atoms with E-state index in [-0.39, 0.29) is 22.9 Å². The van der Waals surface area contributed by atoms with Crippen LogP contribution in [0.1, 0.15) is 55.4 Å². The number of hydrogen-bond donors (Lipinski definition) is 1. The van der Waals surface area contributed by atoms with Crippen LogP contribution in [0, 0.1) is 0 Å². The van der Waals surface area contributed by atoms with Gasteiger partial charge in [-0.05, 0) is 68.7 Å². The van der Waals surface area contributed by atoms with Gasteiger partial charge in [0.05, 0.1) is 6.10 Å². The fourth-order valence-corrected chi connectivity index (χ4v) is 4.18. The molecule has 0 bridgehead atoms. The highest BCUT2D eigenvalue weighted by molar-refractivity contribution is 6.31. The predicted molar refractivity (Wildman–Crippen MR) is 139 cm³/mol. The first kappa shape index (κ1) is 25.4. The number of amides is 1. The molecule has 0 spiro atoms. The maximum Gasteiger partial charge on any atom is 0.308 e. The second-order valence-corrected chi connectivity index (χ2v) is 9.25. The summed E-state index contributed by atoms with van der Waals surface area (Å²) in [5.74, 6) is 1.33.